The average Bonchev–Trinajstić information content (AvgIpc) is 3.02. The van der Waals surface area contributed by atoms with Crippen molar-refractivity contribution in [3.05, 3.63) is 64.3 Å². The van der Waals surface area contributed by atoms with Gasteiger partial charge in [-0.1, -0.05) is 35.4 Å². The van der Waals surface area contributed by atoms with Crippen LogP contribution in [0.3, 0.4) is 0 Å². The summed E-state index contributed by atoms with van der Waals surface area (Å²) in [5, 5.41) is 0.580. The second kappa shape index (κ2) is 8.06. The molecule has 0 saturated carbocycles. The lowest BCUT2D eigenvalue weighted by Gasteiger charge is -2.21. The van der Waals surface area contributed by atoms with Gasteiger partial charge in [0.05, 0.1) is 0 Å². The second-order valence-electron chi connectivity index (χ2n) is 5.46. The summed E-state index contributed by atoms with van der Waals surface area (Å²) in [6.07, 6.45) is -0.175. The molecule has 1 amide bonds. The van der Waals surface area contributed by atoms with E-state index in [-0.39, 0.29) is 13.1 Å². The molecule has 7 heteroatoms. The predicted octanol–water partition coefficient (Wildman–Crippen LogP) is 4.87. The van der Waals surface area contributed by atoms with Crippen molar-refractivity contribution in [3.63, 3.8) is 0 Å². The van der Waals surface area contributed by atoms with Gasteiger partial charge in [-0.25, -0.2) is 13.8 Å². The van der Waals surface area contributed by atoms with Gasteiger partial charge >= 0.3 is 0 Å². The zero-order valence-electron chi connectivity index (χ0n) is 13.3. The summed E-state index contributed by atoms with van der Waals surface area (Å²) in [5.74, 6) is -1.06. The van der Waals surface area contributed by atoms with Gasteiger partial charge in [0, 0.05) is 18.1 Å². The third-order valence-electron chi connectivity index (χ3n) is 3.29. The molecule has 2 aromatic rings. The number of hydrogen-bond acceptors (Lipinski definition) is 3. The summed E-state index contributed by atoms with van der Waals surface area (Å²) in [6, 6.07) is 6.97. The van der Waals surface area contributed by atoms with Crippen molar-refractivity contribution in [3.8, 4) is 0 Å². The molecule has 0 N–H and O–H groups in total. The molecule has 0 saturated heterocycles. The van der Waals surface area contributed by atoms with Gasteiger partial charge in [0.1, 0.15) is 0 Å². The molecule has 0 atom stereocenters. The number of benzene rings is 1. The van der Waals surface area contributed by atoms with Crippen LogP contribution in [0, 0.1) is 0 Å². The Morgan fingerprint density at radius 3 is 2.58 bits per heavy atom. The monoisotopic (exact) mass is 354 g/mol. The van der Waals surface area contributed by atoms with E-state index in [4.69, 9.17) is 16.0 Å². The molecule has 1 heterocycles. The van der Waals surface area contributed by atoms with Crippen molar-refractivity contribution in [2.45, 2.75) is 26.8 Å². The van der Waals surface area contributed by atoms with Crippen LogP contribution in [0.5, 0.6) is 0 Å². The van der Waals surface area contributed by atoms with Crippen LogP contribution >= 0.6 is 11.6 Å². The molecule has 4 nitrogen and oxygen atoms in total. The van der Waals surface area contributed by atoms with Crippen LogP contribution in [0.2, 0.25) is 5.02 Å². The second-order valence-corrected chi connectivity index (χ2v) is 5.90. The lowest BCUT2D eigenvalue weighted by Crippen LogP contribution is -2.31. The molecule has 0 radical (unpaired) electrons. The first-order valence-corrected chi connectivity index (χ1v) is 7.65. The molecule has 0 aliphatic carbocycles. The number of hydrogen-bond donors (Lipinski definition) is 0. The zero-order valence-corrected chi connectivity index (χ0v) is 14.1. The maximum Gasteiger partial charge on any atom is 0.292 e. The van der Waals surface area contributed by atoms with Crippen LogP contribution < -0.4 is 0 Å². The molecule has 1 aromatic carbocycles. The highest BCUT2D eigenvalue weighted by molar-refractivity contribution is 6.30. The molecule has 1 aromatic heterocycles. The van der Waals surface area contributed by atoms with E-state index in [9.17, 15) is 13.6 Å². The number of carbonyl (C=O) groups is 1. The van der Waals surface area contributed by atoms with Gasteiger partial charge in [0.25, 0.3) is 12.3 Å². The molecule has 0 aliphatic heterocycles. The summed E-state index contributed by atoms with van der Waals surface area (Å²) < 4.78 is 30.8. The maximum atomic E-state index is 13.0. The number of amides is 1. The van der Waals surface area contributed by atoms with Gasteiger partial charge in [0.15, 0.2) is 12.1 Å². The highest BCUT2D eigenvalue weighted by Gasteiger charge is 2.27. The Bertz CT molecular complexity index is 722. The molecule has 2 rings (SSSR count). The van der Waals surface area contributed by atoms with Crippen LogP contribution in [0.15, 0.2) is 46.7 Å². The van der Waals surface area contributed by atoms with Crippen molar-refractivity contribution in [2.24, 2.45) is 0 Å². The zero-order chi connectivity index (χ0) is 17.7. The van der Waals surface area contributed by atoms with E-state index in [1.807, 2.05) is 19.9 Å². The molecule has 128 valence electrons. The number of carbonyl (C=O) groups excluding carboxylic acids is 1. The number of allylic oxidation sites excluding steroid dienone is 1. The molecule has 0 fully saturated rings. The summed E-state index contributed by atoms with van der Waals surface area (Å²) in [6.45, 7) is 4.30. The summed E-state index contributed by atoms with van der Waals surface area (Å²) in [5.41, 5.74) is 1.20. The van der Waals surface area contributed by atoms with Crippen molar-refractivity contribution in [1.82, 2.24) is 9.88 Å². The normalized spacial score (nSPS) is 10.8. The van der Waals surface area contributed by atoms with Gasteiger partial charge in [-0.3, -0.25) is 4.79 Å². The van der Waals surface area contributed by atoms with Crippen molar-refractivity contribution >= 4 is 17.5 Å². The maximum absolute atomic E-state index is 13.0. The number of oxazole rings is 1. The van der Waals surface area contributed by atoms with Crippen molar-refractivity contribution < 1.29 is 18.0 Å². The van der Waals surface area contributed by atoms with Crippen LogP contribution in [-0.4, -0.2) is 22.3 Å². The Morgan fingerprint density at radius 2 is 2.00 bits per heavy atom. The fourth-order valence-electron chi connectivity index (χ4n) is 2.04. The lowest BCUT2D eigenvalue weighted by molar-refractivity contribution is 0.0714. The van der Waals surface area contributed by atoms with E-state index >= 15 is 0 Å². The van der Waals surface area contributed by atoms with Crippen molar-refractivity contribution in [2.75, 3.05) is 6.54 Å². The van der Waals surface area contributed by atoms with E-state index in [2.05, 4.69) is 4.98 Å². The highest BCUT2D eigenvalue weighted by atomic mass is 35.5. The molecular weight excluding hydrogens is 338 g/mol. The predicted molar refractivity (Wildman–Crippen MR) is 87.1 cm³/mol. The lowest BCUT2D eigenvalue weighted by atomic mass is 10.2. The summed E-state index contributed by atoms with van der Waals surface area (Å²) >= 11 is 5.85. The minimum atomic E-state index is -2.87. The summed E-state index contributed by atoms with van der Waals surface area (Å²) in [7, 11) is 0. The number of rotatable bonds is 6. The smallest absolute Gasteiger partial charge is 0.292 e. The van der Waals surface area contributed by atoms with Gasteiger partial charge in [-0.2, -0.15) is 0 Å². The topological polar surface area (TPSA) is 46.3 Å². The highest BCUT2D eigenvalue weighted by Crippen LogP contribution is 2.23. The Balaban J connectivity index is 2.27. The molecule has 0 aliphatic rings. The number of nitrogens with zero attached hydrogens (tertiary/aromatic N) is 2. The van der Waals surface area contributed by atoms with Crippen LogP contribution in [-0.2, 0) is 6.54 Å². The first-order chi connectivity index (χ1) is 11.4. The van der Waals surface area contributed by atoms with Crippen molar-refractivity contribution in [1.29, 1.82) is 0 Å². The number of halogens is 3. The Kier molecular flexibility index (Phi) is 6.09. The minimum Gasteiger partial charge on any atom is -0.438 e. The standard InChI is InChI=1S/C17H17ClF2N2O2/c1-11(2)7-8-22(9-12-3-5-13(18)6-4-12)17(23)15-14(16(19)20)21-10-24-15/h3-7,10,16H,8-9H2,1-2H3. The fourth-order valence-corrected chi connectivity index (χ4v) is 2.16. The number of alkyl halides is 2. The van der Waals surface area contributed by atoms with Crippen LogP contribution in [0.1, 0.15) is 42.1 Å². The fraction of sp³-hybridized carbons (Fsp3) is 0.294. The van der Waals surface area contributed by atoms with Gasteiger partial charge in [-0.05, 0) is 31.5 Å². The quantitative estimate of drug-likeness (QED) is 0.695. The molecule has 0 spiro atoms. The van der Waals surface area contributed by atoms with Gasteiger partial charge in [-0.15, -0.1) is 0 Å². The molecular formula is C17H17ClF2N2O2. The Labute approximate surface area is 143 Å². The first kappa shape index (κ1) is 18.1. The Morgan fingerprint density at radius 1 is 1.33 bits per heavy atom. The van der Waals surface area contributed by atoms with Crippen LogP contribution in [0.4, 0.5) is 8.78 Å². The minimum absolute atomic E-state index is 0.239. The van der Waals surface area contributed by atoms with E-state index < -0.39 is 23.8 Å². The molecule has 0 bridgehead atoms. The third-order valence-corrected chi connectivity index (χ3v) is 3.54. The molecule has 0 unspecified atom stereocenters. The Hall–Kier alpha value is -2.21. The van der Waals surface area contributed by atoms with E-state index in [0.29, 0.717) is 5.02 Å². The van der Waals surface area contributed by atoms with E-state index in [1.54, 1.807) is 24.3 Å². The molecule has 24 heavy (non-hydrogen) atoms. The SMILES string of the molecule is CC(C)=CCN(Cc1ccc(Cl)cc1)C(=O)c1ocnc1C(F)F. The number of aromatic nitrogens is 1. The summed E-state index contributed by atoms with van der Waals surface area (Å²) in [4.78, 5) is 17.5. The average molecular weight is 355 g/mol. The van der Waals surface area contributed by atoms with Gasteiger partial charge in [0.2, 0.25) is 5.76 Å². The third kappa shape index (κ3) is 4.64. The largest absolute Gasteiger partial charge is 0.438 e. The van der Waals surface area contributed by atoms with Crippen LogP contribution in [0.25, 0.3) is 0 Å². The van der Waals surface area contributed by atoms with E-state index in [0.717, 1.165) is 17.5 Å². The van der Waals surface area contributed by atoms with Gasteiger partial charge < -0.3 is 9.32 Å². The van der Waals surface area contributed by atoms with E-state index in [1.165, 1.54) is 4.90 Å². The first-order valence-electron chi connectivity index (χ1n) is 7.27.